The molecule has 6 nitrogen and oxygen atoms in total. The fourth-order valence-electron chi connectivity index (χ4n) is 2.96. The van der Waals surface area contributed by atoms with Gasteiger partial charge < -0.3 is 15.3 Å². The molecule has 2 amide bonds. The quantitative estimate of drug-likeness (QED) is 0.758. The topological polar surface area (TPSA) is 86.7 Å². The Morgan fingerprint density at radius 1 is 0.929 bits per heavy atom. The molecule has 1 aliphatic heterocycles. The van der Waals surface area contributed by atoms with Crippen molar-refractivity contribution in [1.82, 2.24) is 5.32 Å². The number of amides is 2. The summed E-state index contributed by atoms with van der Waals surface area (Å²) in [6.45, 7) is 0.553. The molecule has 0 atom stereocenters. The van der Waals surface area contributed by atoms with Crippen molar-refractivity contribution in [1.29, 1.82) is 0 Å². The van der Waals surface area contributed by atoms with Gasteiger partial charge >= 0.3 is 5.97 Å². The minimum atomic E-state index is -1.02. The molecule has 1 aliphatic rings. The molecule has 0 aliphatic carbocycles. The molecule has 0 unspecified atom stereocenters. The minimum absolute atomic E-state index is 0.0982. The Hall–Kier alpha value is -3.59. The molecule has 2 aromatic carbocycles. The standard InChI is InChI=1S/C22H20N2O4/c25-20(11-12-22(27)28)23-14-13-21(26)24-15-18-7-2-1-5-16(18)9-10-17-6-3-4-8-19(17)24/h1-8H,11-15H2,(H,23,25)(H,27,28). The van der Waals surface area contributed by atoms with Crippen molar-refractivity contribution in [3.05, 3.63) is 65.2 Å². The summed E-state index contributed by atoms with van der Waals surface area (Å²) in [6.07, 6.45) is -0.212. The number of hydrogen-bond donors (Lipinski definition) is 2. The summed E-state index contributed by atoms with van der Waals surface area (Å²) >= 11 is 0. The molecule has 28 heavy (non-hydrogen) atoms. The first-order chi connectivity index (χ1) is 13.5. The number of aliphatic carboxylic acids is 1. The normalized spacial score (nSPS) is 11.8. The van der Waals surface area contributed by atoms with E-state index in [9.17, 15) is 14.4 Å². The highest BCUT2D eigenvalue weighted by molar-refractivity contribution is 5.95. The maximum atomic E-state index is 12.9. The van der Waals surface area contributed by atoms with Gasteiger partial charge in [0.1, 0.15) is 0 Å². The molecular weight excluding hydrogens is 356 g/mol. The Morgan fingerprint density at radius 2 is 1.61 bits per heavy atom. The Labute approximate surface area is 163 Å². The van der Waals surface area contributed by atoms with Crippen LogP contribution in [0.5, 0.6) is 0 Å². The summed E-state index contributed by atoms with van der Waals surface area (Å²) in [5.41, 5.74) is 3.36. The lowest BCUT2D eigenvalue weighted by Crippen LogP contribution is -2.35. The molecule has 0 radical (unpaired) electrons. The second-order valence-electron chi connectivity index (χ2n) is 6.40. The number of fused-ring (bicyclic) bond motifs is 2. The molecular formula is C22H20N2O4. The van der Waals surface area contributed by atoms with E-state index in [1.807, 2.05) is 48.5 Å². The molecule has 0 saturated carbocycles. The average Bonchev–Trinajstić information content (AvgIpc) is 2.68. The summed E-state index contributed by atoms with van der Waals surface area (Å²) in [5.74, 6) is 4.77. The predicted octanol–water partition coefficient (Wildman–Crippen LogP) is 2.30. The third-order valence-corrected chi connectivity index (χ3v) is 4.40. The number of benzene rings is 2. The van der Waals surface area contributed by atoms with Gasteiger partial charge in [-0.05, 0) is 23.8 Å². The highest BCUT2D eigenvalue weighted by Crippen LogP contribution is 2.25. The van der Waals surface area contributed by atoms with Crippen LogP contribution >= 0.6 is 0 Å². The minimum Gasteiger partial charge on any atom is -0.481 e. The van der Waals surface area contributed by atoms with Gasteiger partial charge in [0.05, 0.1) is 18.7 Å². The number of hydrogen-bond acceptors (Lipinski definition) is 3. The number of para-hydroxylation sites is 1. The highest BCUT2D eigenvalue weighted by Gasteiger charge is 2.21. The first-order valence-corrected chi connectivity index (χ1v) is 9.02. The van der Waals surface area contributed by atoms with Crippen molar-refractivity contribution in [3.8, 4) is 11.8 Å². The van der Waals surface area contributed by atoms with Crippen LogP contribution in [0.15, 0.2) is 48.5 Å². The van der Waals surface area contributed by atoms with Gasteiger partial charge in [-0.1, -0.05) is 42.2 Å². The molecule has 2 aromatic rings. The number of nitrogens with zero attached hydrogens (tertiary/aromatic N) is 1. The largest absolute Gasteiger partial charge is 0.481 e. The number of carboxylic acid groups (broad SMARTS) is 1. The third kappa shape index (κ3) is 4.77. The fourth-order valence-corrected chi connectivity index (χ4v) is 2.96. The lowest BCUT2D eigenvalue weighted by Gasteiger charge is -2.26. The van der Waals surface area contributed by atoms with E-state index in [0.717, 1.165) is 22.4 Å². The van der Waals surface area contributed by atoms with E-state index in [2.05, 4.69) is 17.2 Å². The van der Waals surface area contributed by atoms with E-state index in [0.29, 0.717) is 6.54 Å². The van der Waals surface area contributed by atoms with Crippen LogP contribution in [-0.4, -0.2) is 29.4 Å². The second kappa shape index (κ2) is 8.87. The van der Waals surface area contributed by atoms with Gasteiger partial charge in [0.15, 0.2) is 0 Å². The first-order valence-electron chi connectivity index (χ1n) is 9.02. The average molecular weight is 376 g/mol. The monoisotopic (exact) mass is 376 g/mol. The van der Waals surface area contributed by atoms with Gasteiger partial charge in [-0.3, -0.25) is 14.4 Å². The van der Waals surface area contributed by atoms with Crippen LogP contribution < -0.4 is 10.2 Å². The third-order valence-electron chi connectivity index (χ3n) is 4.40. The molecule has 0 aromatic heterocycles. The van der Waals surface area contributed by atoms with Gasteiger partial charge in [0.2, 0.25) is 11.8 Å². The number of rotatable bonds is 6. The Bertz CT molecular complexity index is 972. The molecule has 6 heteroatoms. The number of carbonyl (C=O) groups is 3. The van der Waals surface area contributed by atoms with Crippen molar-refractivity contribution in [2.45, 2.75) is 25.8 Å². The zero-order valence-electron chi connectivity index (χ0n) is 15.3. The van der Waals surface area contributed by atoms with Gasteiger partial charge in [-0.2, -0.15) is 0 Å². The maximum absolute atomic E-state index is 12.9. The lowest BCUT2D eigenvalue weighted by atomic mass is 10.0. The van der Waals surface area contributed by atoms with Crippen molar-refractivity contribution in [2.24, 2.45) is 0 Å². The summed E-state index contributed by atoms with van der Waals surface area (Å²) in [7, 11) is 0. The Morgan fingerprint density at radius 3 is 2.39 bits per heavy atom. The molecule has 2 N–H and O–H groups in total. The van der Waals surface area contributed by atoms with Crippen LogP contribution in [0.25, 0.3) is 0 Å². The van der Waals surface area contributed by atoms with Crippen LogP contribution in [0.3, 0.4) is 0 Å². The van der Waals surface area contributed by atoms with Crippen LogP contribution in [-0.2, 0) is 20.9 Å². The first kappa shape index (κ1) is 19.2. The summed E-state index contributed by atoms with van der Waals surface area (Å²) in [5, 5.41) is 11.2. The van der Waals surface area contributed by atoms with E-state index >= 15 is 0 Å². The number of carbonyl (C=O) groups excluding carboxylic acids is 2. The zero-order chi connectivity index (χ0) is 19.9. The van der Waals surface area contributed by atoms with Crippen LogP contribution in [0.4, 0.5) is 5.69 Å². The Kier molecular flexibility index (Phi) is 6.07. The fraction of sp³-hybridized carbons (Fsp3) is 0.227. The molecule has 0 saturated heterocycles. The molecule has 3 rings (SSSR count). The molecule has 0 spiro atoms. The predicted molar refractivity (Wildman–Crippen MR) is 105 cm³/mol. The molecule has 1 heterocycles. The molecule has 142 valence electrons. The highest BCUT2D eigenvalue weighted by atomic mass is 16.4. The van der Waals surface area contributed by atoms with Crippen LogP contribution in [0.1, 0.15) is 36.0 Å². The molecule has 0 bridgehead atoms. The number of carboxylic acids is 1. The van der Waals surface area contributed by atoms with Crippen LogP contribution in [0, 0.1) is 11.8 Å². The smallest absolute Gasteiger partial charge is 0.303 e. The van der Waals surface area contributed by atoms with Gasteiger partial charge in [-0.15, -0.1) is 0 Å². The summed E-state index contributed by atoms with van der Waals surface area (Å²) in [6, 6.07) is 15.2. The van der Waals surface area contributed by atoms with E-state index in [4.69, 9.17) is 5.11 Å². The number of nitrogens with one attached hydrogen (secondary N) is 1. The van der Waals surface area contributed by atoms with Gasteiger partial charge in [0.25, 0.3) is 0 Å². The summed E-state index contributed by atoms with van der Waals surface area (Å²) < 4.78 is 0. The van der Waals surface area contributed by atoms with Crippen molar-refractivity contribution in [3.63, 3.8) is 0 Å². The SMILES string of the molecule is O=C(O)CCC(=O)NCCC(=O)N1Cc2ccccc2C#Cc2ccccc21. The number of anilines is 1. The van der Waals surface area contributed by atoms with Crippen molar-refractivity contribution in [2.75, 3.05) is 11.4 Å². The van der Waals surface area contributed by atoms with E-state index in [-0.39, 0.29) is 37.6 Å². The maximum Gasteiger partial charge on any atom is 0.303 e. The lowest BCUT2D eigenvalue weighted by molar-refractivity contribution is -0.138. The van der Waals surface area contributed by atoms with E-state index < -0.39 is 5.97 Å². The van der Waals surface area contributed by atoms with Gasteiger partial charge in [0, 0.05) is 30.5 Å². The van der Waals surface area contributed by atoms with Crippen molar-refractivity contribution >= 4 is 23.5 Å². The molecule has 0 fully saturated rings. The van der Waals surface area contributed by atoms with E-state index in [1.165, 1.54) is 0 Å². The zero-order valence-corrected chi connectivity index (χ0v) is 15.3. The van der Waals surface area contributed by atoms with Gasteiger partial charge in [-0.25, -0.2) is 0 Å². The van der Waals surface area contributed by atoms with Crippen LogP contribution in [0.2, 0.25) is 0 Å². The Balaban J connectivity index is 1.74. The second-order valence-corrected chi connectivity index (χ2v) is 6.40. The summed E-state index contributed by atoms with van der Waals surface area (Å²) in [4.78, 5) is 36.8. The van der Waals surface area contributed by atoms with E-state index in [1.54, 1.807) is 4.90 Å². The van der Waals surface area contributed by atoms with Crippen molar-refractivity contribution < 1.29 is 19.5 Å².